The molecule has 0 aliphatic carbocycles. The maximum Gasteiger partial charge on any atom is 0.194 e. The molecule has 0 radical (unpaired) electrons. The number of rotatable bonds is 4. The first kappa shape index (κ1) is 11.8. The molecule has 0 bridgehead atoms. The largest absolute Gasteiger partial charge is 0.324 e. The summed E-state index contributed by atoms with van der Waals surface area (Å²) in [4.78, 5) is 0. The van der Waals surface area contributed by atoms with Gasteiger partial charge in [0.25, 0.3) is 0 Å². The van der Waals surface area contributed by atoms with Gasteiger partial charge >= 0.3 is 0 Å². The molecule has 1 aromatic carbocycles. The van der Waals surface area contributed by atoms with Crippen LogP contribution in [0.5, 0.6) is 0 Å². The number of allylic oxidation sites excluding steroid dienone is 1. The van der Waals surface area contributed by atoms with E-state index in [4.69, 9.17) is 5.73 Å². The number of halogens is 3. The minimum Gasteiger partial charge on any atom is -0.324 e. The van der Waals surface area contributed by atoms with E-state index in [0.29, 0.717) is 12.8 Å². The number of nitrogens with two attached hydrogens (primary N) is 1. The lowest BCUT2D eigenvalue weighted by Gasteiger charge is -2.12. The second-order valence-corrected chi connectivity index (χ2v) is 3.24. The minimum absolute atomic E-state index is 0.00394. The Labute approximate surface area is 86.4 Å². The SMILES string of the molecule is C=CCC[C@@H](N)c1ccc(F)c(F)c1F. The van der Waals surface area contributed by atoms with Crippen LogP contribution in [0.3, 0.4) is 0 Å². The first-order chi connectivity index (χ1) is 7.07. The average Bonchev–Trinajstić information content (AvgIpc) is 2.23. The van der Waals surface area contributed by atoms with Crippen LogP contribution in [-0.2, 0) is 0 Å². The molecule has 0 saturated heterocycles. The van der Waals surface area contributed by atoms with Crippen LogP contribution in [0.15, 0.2) is 24.8 Å². The fourth-order valence-electron chi connectivity index (χ4n) is 1.28. The normalized spacial score (nSPS) is 12.5. The lowest BCUT2D eigenvalue weighted by Crippen LogP contribution is -2.13. The summed E-state index contributed by atoms with van der Waals surface area (Å²) in [5, 5.41) is 0. The third-order valence-corrected chi connectivity index (χ3v) is 2.15. The third-order valence-electron chi connectivity index (χ3n) is 2.15. The summed E-state index contributed by atoms with van der Waals surface area (Å²) in [6, 6.07) is 1.40. The maximum atomic E-state index is 13.2. The van der Waals surface area contributed by atoms with Crippen molar-refractivity contribution < 1.29 is 13.2 Å². The van der Waals surface area contributed by atoms with Gasteiger partial charge in [0, 0.05) is 11.6 Å². The molecule has 0 amide bonds. The monoisotopic (exact) mass is 215 g/mol. The van der Waals surface area contributed by atoms with Gasteiger partial charge in [-0.3, -0.25) is 0 Å². The Hall–Kier alpha value is -1.29. The van der Waals surface area contributed by atoms with Crippen molar-refractivity contribution in [2.24, 2.45) is 5.73 Å². The molecule has 0 aliphatic heterocycles. The summed E-state index contributed by atoms with van der Waals surface area (Å²) in [5.74, 6) is -3.87. The van der Waals surface area contributed by atoms with Gasteiger partial charge in [0.1, 0.15) is 0 Å². The molecule has 0 aliphatic rings. The second kappa shape index (κ2) is 4.98. The second-order valence-electron chi connectivity index (χ2n) is 3.24. The zero-order chi connectivity index (χ0) is 11.4. The van der Waals surface area contributed by atoms with Crippen molar-refractivity contribution in [1.29, 1.82) is 0 Å². The van der Waals surface area contributed by atoms with E-state index in [2.05, 4.69) is 6.58 Å². The molecule has 1 atom stereocenters. The summed E-state index contributed by atoms with van der Waals surface area (Å²) in [5.41, 5.74) is 5.62. The molecule has 0 aromatic heterocycles. The lowest BCUT2D eigenvalue weighted by molar-refractivity contribution is 0.433. The molecule has 1 aromatic rings. The van der Waals surface area contributed by atoms with Crippen molar-refractivity contribution >= 4 is 0 Å². The molecular formula is C11H12F3N. The number of benzene rings is 1. The minimum atomic E-state index is -1.47. The predicted octanol–water partition coefficient (Wildman–Crippen LogP) is 3.07. The van der Waals surface area contributed by atoms with E-state index in [1.165, 1.54) is 6.07 Å². The Morgan fingerprint density at radius 1 is 1.27 bits per heavy atom. The van der Waals surface area contributed by atoms with Crippen LogP contribution in [0.4, 0.5) is 13.2 Å². The molecule has 0 spiro atoms. The summed E-state index contributed by atoms with van der Waals surface area (Å²) in [7, 11) is 0. The van der Waals surface area contributed by atoms with Crippen LogP contribution in [-0.4, -0.2) is 0 Å². The van der Waals surface area contributed by atoms with Crippen molar-refractivity contribution in [3.63, 3.8) is 0 Å². The summed E-state index contributed by atoms with van der Waals surface area (Å²) in [6.45, 7) is 3.50. The van der Waals surface area contributed by atoms with Gasteiger partial charge in [0.2, 0.25) is 0 Å². The van der Waals surface area contributed by atoms with E-state index < -0.39 is 23.5 Å². The van der Waals surface area contributed by atoms with Crippen molar-refractivity contribution in [1.82, 2.24) is 0 Å². The van der Waals surface area contributed by atoms with Crippen molar-refractivity contribution in [2.75, 3.05) is 0 Å². The molecule has 1 nitrogen and oxygen atoms in total. The Bertz CT molecular complexity index is 363. The van der Waals surface area contributed by atoms with Crippen LogP contribution < -0.4 is 5.73 Å². The van der Waals surface area contributed by atoms with Crippen LogP contribution in [0, 0.1) is 17.5 Å². The molecule has 0 heterocycles. The fraction of sp³-hybridized carbons (Fsp3) is 0.273. The van der Waals surface area contributed by atoms with Gasteiger partial charge < -0.3 is 5.73 Å². The smallest absolute Gasteiger partial charge is 0.194 e. The highest BCUT2D eigenvalue weighted by Gasteiger charge is 2.17. The highest BCUT2D eigenvalue weighted by molar-refractivity contribution is 5.23. The van der Waals surface area contributed by atoms with E-state index in [1.54, 1.807) is 6.08 Å². The first-order valence-corrected chi connectivity index (χ1v) is 4.57. The van der Waals surface area contributed by atoms with Gasteiger partial charge in [-0.15, -0.1) is 6.58 Å². The summed E-state index contributed by atoms with van der Waals surface area (Å²) in [6.07, 6.45) is 2.68. The highest BCUT2D eigenvalue weighted by Crippen LogP contribution is 2.22. The van der Waals surface area contributed by atoms with Crippen LogP contribution in [0.2, 0.25) is 0 Å². The van der Waals surface area contributed by atoms with E-state index in [9.17, 15) is 13.2 Å². The van der Waals surface area contributed by atoms with E-state index in [1.807, 2.05) is 0 Å². The average molecular weight is 215 g/mol. The van der Waals surface area contributed by atoms with Gasteiger partial charge in [0.05, 0.1) is 0 Å². The standard InChI is InChI=1S/C11H12F3N/c1-2-3-4-9(15)7-5-6-8(12)11(14)10(7)13/h2,5-6,9H,1,3-4,15H2/t9-/m1/s1. The fourth-order valence-corrected chi connectivity index (χ4v) is 1.28. The third kappa shape index (κ3) is 2.59. The van der Waals surface area contributed by atoms with E-state index >= 15 is 0 Å². The van der Waals surface area contributed by atoms with E-state index in [-0.39, 0.29) is 5.56 Å². The van der Waals surface area contributed by atoms with E-state index in [0.717, 1.165) is 6.07 Å². The Balaban J connectivity index is 2.94. The van der Waals surface area contributed by atoms with Crippen LogP contribution in [0.25, 0.3) is 0 Å². The van der Waals surface area contributed by atoms with Crippen molar-refractivity contribution in [3.05, 3.63) is 47.8 Å². The topological polar surface area (TPSA) is 26.0 Å². The molecule has 0 unspecified atom stereocenters. The van der Waals surface area contributed by atoms with Crippen LogP contribution >= 0.6 is 0 Å². The van der Waals surface area contributed by atoms with Crippen LogP contribution in [0.1, 0.15) is 24.4 Å². The molecule has 15 heavy (non-hydrogen) atoms. The molecule has 1 rings (SSSR count). The zero-order valence-electron chi connectivity index (χ0n) is 8.14. The zero-order valence-corrected chi connectivity index (χ0v) is 8.14. The number of hydrogen-bond donors (Lipinski definition) is 1. The van der Waals surface area contributed by atoms with Crippen molar-refractivity contribution in [3.8, 4) is 0 Å². The summed E-state index contributed by atoms with van der Waals surface area (Å²) < 4.78 is 38.7. The van der Waals surface area contributed by atoms with Gasteiger partial charge in [-0.05, 0) is 18.9 Å². The molecule has 2 N–H and O–H groups in total. The molecular weight excluding hydrogens is 203 g/mol. The van der Waals surface area contributed by atoms with Gasteiger partial charge in [-0.2, -0.15) is 0 Å². The first-order valence-electron chi connectivity index (χ1n) is 4.57. The summed E-state index contributed by atoms with van der Waals surface area (Å²) >= 11 is 0. The predicted molar refractivity (Wildman–Crippen MR) is 52.7 cm³/mol. The Morgan fingerprint density at radius 2 is 1.93 bits per heavy atom. The Morgan fingerprint density at radius 3 is 2.53 bits per heavy atom. The van der Waals surface area contributed by atoms with Gasteiger partial charge in [0.15, 0.2) is 17.5 Å². The highest BCUT2D eigenvalue weighted by atomic mass is 19.2. The number of hydrogen-bond acceptors (Lipinski definition) is 1. The van der Waals surface area contributed by atoms with Gasteiger partial charge in [-0.25, -0.2) is 13.2 Å². The quantitative estimate of drug-likeness (QED) is 0.606. The van der Waals surface area contributed by atoms with Gasteiger partial charge in [-0.1, -0.05) is 12.1 Å². The van der Waals surface area contributed by atoms with Crippen molar-refractivity contribution in [2.45, 2.75) is 18.9 Å². The lowest BCUT2D eigenvalue weighted by atomic mass is 10.0. The maximum absolute atomic E-state index is 13.2. The Kier molecular flexibility index (Phi) is 3.91. The molecule has 82 valence electrons. The molecule has 0 saturated carbocycles. The molecule has 4 heteroatoms. The molecule has 0 fully saturated rings.